The van der Waals surface area contributed by atoms with E-state index < -0.39 is 5.60 Å². The molecule has 5 atom stereocenters. The van der Waals surface area contributed by atoms with Gasteiger partial charge >= 0.3 is 0 Å². The molecule has 1 saturated heterocycles. The molecule has 5 unspecified atom stereocenters. The quantitative estimate of drug-likeness (QED) is 0.782. The smallest absolute Gasteiger partial charge is 0.105 e. The summed E-state index contributed by atoms with van der Waals surface area (Å²) in [4.78, 5) is 0. The second kappa shape index (κ2) is 4.52. The molecule has 1 aliphatic heterocycles. The minimum absolute atomic E-state index is 0.0185. The van der Waals surface area contributed by atoms with E-state index in [0.717, 1.165) is 30.7 Å². The third kappa shape index (κ3) is 2.25. The standard InChI is InChI=1S/C14H25NO2/c1-10-14(16,4-5-17-10)9-15-8-13-7-11-2-3-12(13)6-11/h10-13,15-16H,2-9H2,1H3. The Morgan fingerprint density at radius 3 is 2.82 bits per heavy atom. The van der Waals surface area contributed by atoms with Crippen LogP contribution in [0.3, 0.4) is 0 Å². The van der Waals surface area contributed by atoms with Crippen LogP contribution in [0, 0.1) is 17.8 Å². The first kappa shape index (κ1) is 11.9. The van der Waals surface area contributed by atoms with Crippen LogP contribution in [0.15, 0.2) is 0 Å². The summed E-state index contributed by atoms with van der Waals surface area (Å²) >= 11 is 0. The van der Waals surface area contributed by atoms with E-state index in [1.165, 1.54) is 25.7 Å². The van der Waals surface area contributed by atoms with Crippen LogP contribution in [-0.2, 0) is 4.74 Å². The van der Waals surface area contributed by atoms with Crippen molar-refractivity contribution >= 4 is 0 Å². The minimum atomic E-state index is -0.627. The summed E-state index contributed by atoms with van der Waals surface area (Å²) in [6, 6.07) is 0. The first-order chi connectivity index (χ1) is 8.17. The van der Waals surface area contributed by atoms with Crippen molar-refractivity contribution in [1.82, 2.24) is 5.32 Å². The maximum absolute atomic E-state index is 10.4. The first-order valence-corrected chi connectivity index (χ1v) is 7.22. The van der Waals surface area contributed by atoms with E-state index in [2.05, 4.69) is 5.32 Å². The minimum Gasteiger partial charge on any atom is -0.386 e. The number of fused-ring (bicyclic) bond motifs is 2. The lowest BCUT2D eigenvalue weighted by molar-refractivity contribution is -0.0267. The molecule has 2 saturated carbocycles. The van der Waals surface area contributed by atoms with Gasteiger partial charge in [0.15, 0.2) is 0 Å². The highest BCUT2D eigenvalue weighted by molar-refractivity contribution is 4.94. The van der Waals surface area contributed by atoms with Gasteiger partial charge in [-0.1, -0.05) is 6.42 Å². The molecule has 0 aromatic rings. The van der Waals surface area contributed by atoms with Gasteiger partial charge in [-0.05, 0) is 50.5 Å². The summed E-state index contributed by atoms with van der Waals surface area (Å²) in [7, 11) is 0. The number of nitrogens with one attached hydrogen (secondary N) is 1. The molecule has 0 spiro atoms. The van der Waals surface area contributed by atoms with Gasteiger partial charge in [0.05, 0.1) is 6.10 Å². The van der Waals surface area contributed by atoms with Crippen LogP contribution in [0.5, 0.6) is 0 Å². The Labute approximate surface area is 104 Å². The molecule has 0 aromatic carbocycles. The average molecular weight is 239 g/mol. The fourth-order valence-electron chi connectivity index (χ4n) is 4.10. The van der Waals surface area contributed by atoms with Gasteiger partial charge in [0.25, 0.3) is 0 Å². The normalized spacial score (nSPS) is 49.1. The largest absolute Gasteiger partial charge is 0.386 e. The van der Waals surface area contributed by atoms with E-state index in [4.69, 9.17) is 4.74 Å². The van der Waals surface area contributed by atoms with Crippen molar-refractivity contribution in [3.05, 3.63) is 0 Å². The summed E-state index contributed by atoms with van der Waals surface area (Å²) in [6.45, 7) is 4.47. The van der Waals surface area contributed by atoms with Crippen LogP contribution in [-0.4, -0.2) is 36.5 Å². The van der Waals surface area contributed by atoms with Crippen molar-refractivity contribution in [3.8, 4) is 0 Å². The van der Waals surface area contributed by atoms with Gasteiger partial charge in [-0.15, -0.1) is 0 Å². The third-order valence-corrected chi connectivity index (χ3v) is 5.38. The van der Waals surface area contributed by atoms with Gasteiger partial charge in [0.1, 0.15) is 5.60 Å². The fourth-order valence-corrected chi connectivity index (χ4v) is 4.10. The van der Waals surface area contributed by atoms with E-state index in [-0.39, 0.29) is 6.10 Å². The molecule has 0 amide bonds. The van der Waals surface area contributed by atoms with Gasteiger partial charge in [-0.3, -0.25) is 0 Å². The highest BCUT2D eigenvalue weighted by Crippen LogP contribution is 2.47. The lowest BCUT2D eigenvalue weighted by Gasteiger charge is -2.28. The lowest BCUT2D eigenvalue weighted by Crippen LogP contribution is -2.47. The maximum Gasteiger partial charge on any atom is 0.105 e. The monoisotopic (exact) mass is 239 g/mol. The van der Waals surface area contributed by atoms with E-state index in [1.807, 2.05) is 6.92 Å². The molecular weight excluding hydrogens is 214 g/mol. The second-order valence-corrected chi connectivity index (χ2v) is 6.43. The Hall–Kier alpha value is -0.120. The van der Waals surface area contributed by atoms with Crippen molar-refractivity contribution in [2.75, 3.05) is 19.7 Å². The first-order valence-electron chi connectivity index (χ1n) is 7.22. The number of hydrogen-bond donors (Lipinski definition) is 2. The van der Waals surface area contributed by atoms with Crippen LogP contribution >= 0.6 is 0 Å². The molecule has 2 bridgehead atoms. The van der Waals surface area contributed by atoms with E-state index in [1.54, 1.807) is 0 Å². The summed E-state index contributed by atoms with van der Waals surface area (Å²) in [5.74, 6) is 2.86. The summed E-state index contributed by atoms with van der Waals surface area (Å²) in [5, 5.41) is 13.9. The van der Waals surface area contributed by atoms with Crippen LogP contribution in [0.25, 0.3) is 0 Å². The third-order valence-electron chi connectivity index (χ3n) is 5.38. The van der Waals surface area contributed by atoms with Crippen LogP contribution in [0.2, 0.25) is 0 Å². The average Bonchev–Trinajstić information content (AvgIpc) is 2.97. The highest BCUT2D eigenvalue weighted by atomic mass is 16.5. The Morgan fingerprint density at radius 1 is 1.35 bits per heavy atom. The molecule has 2 aliphatic carbocycles. The topological polar surface area (TPSA) is 41.5 Å². The molecule has 3 fully saturated rings. The lowest BCUT2D eigenvalue weighted by atomic mass is 9.88. The van der Waals surface area contributed by atoms with Gasteiger partial charge in [0.2, 0.25) is 0 Å². The molecule has 3 rings (SSSR count). The number of hydrogen-bond acceptors (Lipinski definition) is 3. The molecule has 1 heterocycles. The fraction of sp³-hybridized carbons (Fsp3) is 1.00. The van der Waals surface area contributed by atoms with E-state index in [0.29, 0.717) is 13.2 Å². The molecule has 0 aromatic heterocycles. The molecular formula is C14H25NO2. The maximum atomic E-state index is 10.4. The highest BCUT2D eigenvalue weighted by Gasteiger charge is 2.41. The zero-order chi connectivity index (χ0) is 11.9. The molecule has 3 nitrogen and oxygen atoms in total. The second-order valence-electron chi connectivity index (χ2n) is 6.43. The van der Waals surface area contributed by atoms with E-state index >= 15 is 0 Å². The van der Waals surface area contributed by atoms with Crippen LogP contribution in [0.4, 0.5) is 0 Å². The van der Waals surface area contributed by atoms with Crippen LogP contribution in [0.1, 0.15) is 39.0 Å². The Kier molecular flexibility index (Phi) is 3.18. The van der Waals surface area contributed by atoms with Crippen LogP contribution < -0.4 is 5.32 Å². The molecule has 3 heteroatoms. The zero-order valence-electron chi connectivity index (χ0n) is 10.8. The molecule has 98 valence electrons. The van der Waals surface area contributed by atoms with Crippen molar-refractivity contribution in [1.29, 1.82) is 0 Å². The molecule has 17 heavy (non-hydrogen) atoms. The molecule has 2 N–H and O–H groups in total. The van der Waals surface area contributed by atoms with Crippen molar-refractivity contribution < 1.29 is 9.84 Å². The summed E-state index contributed by atoms with van der Waals surface area (Å²) in [6.07, 6.45) is 6.56. The SMILES string of the molecule is CC1OCCC1(O)CNCC1CC2CCC1C2. The number of ether oxygens (including phenoxy) is 1. The summed E-state index contributed by atoms with van der Waals surface area (Å²) < 4.78 is 5.45. The Balaban J connectivity index is 1.43. The summed E-state index contributed by atoms with van der Waals surface area (Å²) in [5.41, 5.74) is -0.627. The predicted octanol–water partition coefficient (Wildman–Crippen LogP) is 1.55. The number of aliphatic hydroxyl groups is 1. The van der Waals surface area contributed by atoms with Gasteiger partial charge in [0, 0.05) is 19.6 Å². The van der Waals surface area contributed by atoms with E-state index in [9.17, 15) is 5.11 Å². The number of rotatable bonds is 4. The predicted molar refractivity (Wildman–Crippen MR) is 66.8 cm³/mol. The van der Waals surface area contributed by atoms with Crippen molar-refractivity contribution in [3.63, 3.8) is 0 Å². The molecule has 3 aliphatic rings. The Morgan fingerprint density at radius 2 is 2.24 bits per heavy atom. The van der Waals surface area contributed by atoms with Crippen molar-refractivity contribution in [2.24, 2.45) is 17.8 Å². The van der Waals surface area contributed by atoms with Gasteiger partial charge in [-0.25, -0.2) is 0 Å². The zero-order valence-corrected chi connectivity index (χ0v) is 10.8. The molecule has 0 radical (unpaired) electrons. The van der Waals surface area contributed by atoms with Gasteiger partial charge < -0.3 is 15.2 Å². The van der Waals surface area contributed by atoms with Gasteiger partial charge in [-0.2, -0.15) is 0 Å². The van der Waals surface area contributed by atoms with Crippen molar-refractivity contribution in [2.45, 2.75) is 50.7 Å². The Bertz CT molecular complexity index is 283.